The molecular weight excluding hydrogens is 1180 g/mol. The van der Waals surface area contributed by atoms with Gasteiger partial charge in [-0.05, 0) is 107 Å². The lowest BCUT2D eigenvalue weighted by atomic mass is 9.85. The zero-order valence-electron chi connectivity index (χ0n) is 49.1. The van der Waals surface area contributed by atoms with E-state index in [4.69, 9.17) is 46.3 Å². The Morgan fingerprint density at radius 3 is 2.58 bits per heavy atom. The Bertz CT molecular complexity index is 4270. The van der Waals surface area contributed by atoms with Crippen molar-refractivity contribution in [1.82, 2.24) is 34.2 Å². The Morgan fingerprint density at radius 2 is 1.85 bits per heavy atom. The van der Waals surface area contributed by atoms with Gasteiger partial charge in [-0.2, -0.15) is 15.2 Å². The second-order valence-corrected chi connectivity index (χ2v) is 24.7. The van der Waals surface area contributed by atoms with Gasteiger partial charge in [0.2, 0.25) is 5.60 Å². The summed E-state index contributed by atoms with van der Waals surface area (Å²) in [5, 5.41) is 21.4. The second kappa shape index (κ2) is 22.9. The third-order valence-electron chi connectivity index (χ3n) is 18.0. The van der Waals surface area contributed by atoms with Gasteiger partial charge in [0.25, 0.3) is 11.5 Å². The fourth-order valence-corrected chi connectivity index (χ4v) is 14.8. The number of benzene rings is 3. The number of piperazine rings is 1. The number of phenols is 1. The minimum atomic E-state index is -2.07. The molecule has 3 fully saturated rings. The number of rotatable bonds is 14. The van der Waals surface area contributed by atoms with Crippen LogP contribution in [0.3, 0.4) is 0 Å². The number of nitrogens with zero attached hydrogens (tertiary/aromatic N) is 9. The number of alkyl halides is 1. The molecule has 25 heteroatoms. The molecule has 88 heavy (non-hydrogen) atoms. The van der Waals surface area contributed by atoms with Gasteiger partial charge in [0.15, 0.2) is 5.82 Å². The van der Waals surface area contributed by atoms with Crippen molar-refractivity contribution in [3.05, 3.63) is 109 Å². The van der Waals surface area contributed by atoms with Crippen molar-refractivity contribution in [2.75, 3.05) is 63.1 Å². The largest absolute Gasteiger partial charge is 0.508 e. The summed E-state index contributed by atoms with van der Waals surface area (Å²) in [4.78, 5) is 91.8. The number of halogens is 4. The number of phenolic OH excluding ortho intramolecular Hbond substituents is 1. The van der Waals surface area contributed by atoms with E-state index in [0.717, 1.165) is 45.2 Å². The number of ether oxygens (including phenoxy) is 4. The number of aryl methyl sites for hydroxylation is 1. The summed E-state index contributed by atoms with van der Waals surface area (Å²) in [6.45, 7) is 10.4. The van der Waals surface area contributed by atoms with Crippen molar-refractivity contribution >= 4 is 89.6 Å². The molecule has 0 radical (unpaired) electrons. The number of hydrogen-bond acceptors (Lipinski definition) is 18. The number of anilines is 2. The second-order valence-electron chi connectivity index (χ2n) is 23.3. The Hall–Kier alpha value is -8.53. The zero-order chi connectivity index (χ0) is 62.4. The van der Waals surface area contributed by atoms with Crippen LogP contribution in [-0.2, 0) is 53.8 Å². The number of carbonyl (C=O) groups is 4. The van der Waals surface area contributed by atoms with Crippen LogP contribution in [-0.4, -0.2) is 140 Å². The van der Waals surface area contributed by atoms with Crippen molar-refractivity contribution < 1.29 is 56.4 Å². The fourth-order valence-electron chi connectivity index (χ4n) is 13.5. The lowest BCUT2D eigenvalue weighted by Gasteiger charge is -2.41. The first-order chi connectivity index (χ1) is 42.1. The molecule has 3 aromatic carbocycles. The van der Waals surface area contributed by atoms with Crippen molar-refractivity contribution in [3.8, 4) is 40.3 Å². The van der Waals surface area contributed by atoms with Gasteiger partial charge in [-0.3, -0.25) is 24.2 Å². The van der Waals surface area contributed by atoms with Crippen LogP contribution >= 0.6 is 22.9 Å². The average Bonchev–Trinajstić information content (AvgIpc) is 1.40. The summed E-state index contributed by atoms with van der Waals surface area (Å²) >= 11 is 7.87. The van der Waals surface area contributed by atoms with Crippen LogP contribution in [0.2, 0.25) is 5.02 Å². The monoisotopic (exact) mass is 1240 g/mol. The summed E-state index contributed by atoms with van der Waals surface area (Å²) < 4.78 is 73.0. The summed E-state index contributed by atoms with van der Waals surface area (Å²) in [5.74, 6) is -3.59. The number of cyclic esters (lactones) is 1. The molecule has 3 N–H and O–H groups in total. The van der Waals surface area contributed by atoms with E-state index in [0.29, 0.717) is 36.3 Å². The fraction of sp³-hybridized carbons (Fsp3) is 0.413. The van der Waals surface area contributed by atoms with Crippen molar-refractivity contribution in [2.45, 2.75) is 116 Å². The molecule has 9 heterocycles. The highest BCUT2D eigenvalue weighted by Crippen LogP contribution is 2.48. The number of nitrogens with two attached hydrogens (primary N) is 1. The van der Waals surface area contributed by atoms with Gasteiger partial charge in [-0.15, -0.1) is 11.3 Å². The molecule has 458 valence electrons. The first kappa shape index (κ1) is 59.8. The number of aromatic hydroxyl groups is 1. The smallest absolute Gasteiger partial charge is 0.410 e. The van der Waals surface area contributed by atoms with Gasteiger partial charge in [-0.1, -0.05) is 37.6 Å². The lowest BCUT2D eigenvalue weighted by Crippen LogP contribution is -2.54. The number of carbonyl (C=O) groups excluding carboxylic acids is 4. The van der Waals surface area contributed by atoms with Gasteiger partial charge < -0.3 is 44.2 Å². The molecular formula is C63H62ClF3N10O10S. The predicted octanol–water partition coefficient (Wildman–Crippen LogP) is 9.59. The van der Waals surface area contributed by atoms with E-state index in [1.165, 1.54) is 24.3 Å². The number of fused-ring (bicyclic) bond motifs is 8. The lowest BCUT2D eigenvalue weighted by molar-refractivity contribution is -0.190. The molecule has 4 aromatic heterocycles. The third-order valence-corrected chi connectivity index (χ3v) is 19.3. The maximum Gasteiger partial charge on any atom is 0.410 e. The van der Waals surface area contributed by atoms with E-state index in [2.05, 4.69) is 9.88 Å². The number of pyridine rings is 2. The zero-order valence-corrected chi connectivity index (χ0v) is 50.7. The van der Waals surface area contributed by atoms with E-state index in [9.17, 15) is 38.7 Å². The molecule has 12 rings (SSSR count). The SMILES string of the molecule is C/C=C(\COC(=O)N(CC(=O)O[C@]1(CC)C(=O)OCc2c1cc1n(c2=O)Cc2c-1nc1ccc(O)cc1c2CC)C(C)C)C(=O)N1CCN(c2nc(OCC34CCCN3C[C@H](F)C4)nc3c(F)c(-c4ccc(F)c5sc(N)c(C#N)c45)c(Cl)cc23)[C@@H](C)C1. The van der Waals surface area contributed by atoms with Crippen molar-refractivity contribution in [3.63, 3.8) is 0 Å². The quantitative estimate of drug-likeness (QED) is 0.0584. The van der Waals surface area contributed by atoms with Crippen LogP contribution in [0.15, 0.2) is 58.9 Å². The van der Waals surface area contributed by atoms with Gasteiger partial charge in [0.05, 0.1) is 55.4 Å². The summed E-state index contributed by atoms with van der Waals surface area (Å²) in [6.07, 6.45) is 1.74. The first-order valence-corrected chi connectivity index (χ1v) is 30.4. The molecule has 3 saturated heterocycles. The average molecular weight is 1240 g/mol. The number of nitriles is 1. The molecule has 2 amide bonds. The summed E-state index contributed by atoms with van der Waals surface area (Å²) in [6, 6.07) is 11.2. The van der Waals surface area contributed by atoms with E-state index in [1.54, 1.807) is 55.4 Å². The first-order valence-electron chi connectivity index (χ1n) is 29.2. The third kappa shape index (κ3) is 9.85. The van der Waals surface area contributed by atoms with E-state index in [1.807, 2.05) is 24.8 Å². The highest BCUT2D eigenvalue weighted by atomic mass is 35.5. The maximum atomic E-state index is 17.6. The molecule has 0 bridgehead atoms. The van der Waals surface area contributed by atoms with Gasteiger partial charge in [0.1, 0.15) is 66.5 Å². The van der Waals surface area contributed by atoms with E-state index in [-0.39, 0.29) is 141 Å². The molecule has 5 aliphatic heterocycles. The van der Waals surface area contributed by atoms with Crippen LogP contribution in [0.4, 0.5) is 28.8 Å². The summed E-state index contributed by atoms with van der Waals surface area (Å²) in [7, 11) is 0. The Morgan fingerprint density at radius 1 is 1.06 bits per heavy atom. The van der Waals surface area contributed by atoms with Crippen LogP contribution in [0.25, 0.3) is 54.4 Å². The van der Waals surface area contributed by atoms with Crippen LogP contribution in [0, 0.1) is 23.0 Å². The number of hydrogen-bond donors (Lipinski definition) is 2. The highest BCUT2D eigenvalue weighted by Gasteiger charge is 2.52. The molecule has 0 spiro atoms. The highest BCUT2D eigenvalue weighted by molar-refractivity contribution is 7.23. The number of allylic oxidation sites excluding steroid dienone is 1. The molecule has 5 aliphatic rings. The normalized spacial score (nSPS) is 20.7. The topological polar surface area (TPSA) is 249 Å². The summed E-state index contributed by atoms with van der Waals surface area (Å²) in [5.41, 5.74) is 6.40. The van der Waals surface area contributed by atoms with Gasteiger partial charge in [0, 0.05) is 77.5 Å². The number of thiophene rings is 1. The van der Waals surface area contributed by atoms with Crippen LogP contribution < -0.4 is 20.9 Å². The molecule has 7 aromatic rings. The van der Waals surface area contributed by atoms with Gasteiger partial charge >= 0.3 is 24.0 Å². The molecule has 4 atom stereocenters. The molecule has 0 saturated carbocycles. The molecule has 1 unspecified atom stereocenters. The predicted molar refractivity (Wildman–Crippen MR) is 323 cm³/mol. The Balaban J connectivity index is 0.762. The Labute approximate surface area is 511 Å². The van der Waals surface area contributed by atoms with Crippen molar-refractivity contribution in [2.24, 2.45) is 0 Å². The number of aromatic nitrogens is 4. The van der Waals surface area contributed by atoms with Crippen LogP contribution in [0.5, 0.6) is 11.8 Å². The van der Waals surface area contributed by atoms with Crippen LogP contribution in [0.1, 0.15) is 95.0 Å². The minimum Gasteiger partial charge on any atom is -0.508 e. The van der Waals surface area contributed by atoms with E-state index >= 15 is 8.78 Å². The number of amides is 2. The molecule has 0 aliphatic carbocycles. The maximum absolute atomic E-state index is 17.6. The molecule has 20 nitrogen and oxygen atoms in total. The van der Waals surface area contributed by atoms with Crippen molar-refractivity contribution in [1.29, 1.82) is 5.26 Å². The standard InChI is InChI=1S/C63H62ClF3N10O10S/c1-7-33(28-85-61(83)76(31(4)5)27-48(79)87-63(9-3)43-21-47-52-41(26-77(47)58(81)42(43)29-84-59(63)82)36(8-2)38-19-35(78)11-14-46(38)70-52)57(80)73-17-18-75(32(6)24-73)56-39-20-44(64)50(37-12-13-45(66)54-49(37)40(23-68)55(69)88-54)51(67)53(39)71-60(72-56)86-30-62-15-10-16-74(62)25-34(65)22-62/h7,11-14,19-21,31-32,34,78H,8-10,15-18,22,24-30,69H2,1-6H3/b33-7+/t32-,34+,62?,63-/m0/s1. The number of esters is 2. The Kier molecular flexibility index (Phi) is 15.5. The van der Waals surface area contributed by atoms with Gasteiger partial charge in [-0.25, -0.2) is 27.7 Å². The van der Waals surface area contributed by atoms with E-state index < -0.39 is 83.7 Å². The minimum absolute atomic E-state index is 0.0296. The number of nitrogen functional groups attached to an aromatic ring is 1.